The van der Waals surface area contributed by atoms with E-state index in [0.717, 1.165) is 31.8 Å². The lowest BCUT2D eigenvalue weighted by molar-refractivity contribution is 0.629. The Bertz CT molecular complexity index is 268. The fraction of sp³-hybridized carbons (Fsp3) is 0.700. The Balaban J connectivity index is 2.15. The lowest BCUT2D eigenvalue weighted by Crippen LogP contribution is -2.22. The molecule has 0 unspecified atom stereocenters. The maximum Gasteiger partial charge on any atom is 0.0934 e. The van der Waals surface area contributed by atoms with Gasteiger partial charge in [-0.3, -0.25) is 0 Å². The minimum absolute atomic E-state index is 0.723. The Morgan fingerprint density at radius 3 is 3.08 bits per heavy atom. The Kier molecular flexibility index (Phi) is 2.65. The summed E-state index contributed by atoms with van der Waals surface area (Å²) in [5.74, 6) is 0.723. The zero-order chi connectivity index (χ0) is 9.26. The number of fused-ring (bicyclic) bond motifs is 1. The van der Waals surface area contributed by atoms with E-state index in [-0.39, 0.29) is 0 Å². The van der Waals surface area contributed by atoms with Gasteiger partial charge < -0.3 is 5.32 Å². The Hall–Kier alpha value is -0.410. The summed E-state index contributed by atoms with van der Waals surface area (Å²) in [4.78, 5) is 6.13. The summed E-state index contributed by atoms with van der Waals surface area (Å²) in [6, 6.07) is 0. The SMILES string of the molecule is CC(C)Cc1nc2c(s1)CNCC2. The number of nitrogens with zero attached hydrogens (tertiary/aromatic N) is 1. The molecule has 1 N–H and O–H groups in total. The van der Waals surface area contributed by atoms with Gasteiger partial charge in [0.1, 0.15) is 0 Å². The number of aromatic nitrogens is 1. The molecule has 0 fully saturated rings. The van der Waals surface area contributed by atoms with Crippen molar-refractivity contribution in [2.24, 2.45) is 5.92 Å². The Morgan fingerprint density at radius 2 is 2.38 bits per heavy atom. The minimum atomic E-state index is 0.723. The molecule has 0 atom stereocenters. The van der Waals surface area contributed by atoms with Crippen LogP contribution in [0.5, 0.6) is 0 Å². The zero-order valence-corrected chi connectivity index (χ0v) is 9.08. The second-order valence-corrected chi connectivity index (χ2v) is 5.17. The van der Waals surface area contributed by atoms with E-state index in [9.17, 15) is 0 Å². The van der Waals surface area contributed by atoms with Crippen LogP contribution in [0.4, 0.5) is 0 Å². The average Bonchev–Trinajstić information content (AvgIpc) is 2.44. The summed E-state index contributed by atoms with van der Waals surface area (Å²) in [5, 5.41) is 4.70. The highest BCUT2D eigenvalue weighted by molar-refractivity contribution is 7.11. The van der Waals surface area contributed by atoms with E-state index >= 15 is 0 Å². The van der Waals surface area contributed by atoms with Crippen LogP contribution in [0.25, 0.3) is 0 Å². The summed E-state index contributed by atoms with van der Waals surface area (Å²) in [5.41, 5.74) is 1.35. The van der Waals surface area contributed by atoms with Crippen LogP contribution in [0.1, 0.15) is 29.4 Å². The van der Waals surface area contributed by atoms with Crippen LogP contribution in [0.15, 0.2) is 0 Å². The smallest absolute Gasteiger partial charge is 0.0934 e. The fourth-order valence-corrected chi connectivity index (χ4v) is 2.91. The first-order chi connectivity index (χ1) is 6.25. The monoisotopic (exact) mass is 196 g/mol. The van der Waals surface area contributed by atoms with Gasteiger partial charge in [0.25, 0.3) is 0 Å². The molecule has 3 heteroatoms. The standard InChI is InChI=1S/C10H16N2S/c1-7(2)5-10-12-8-3-4-11-6-9(8)13-10/h7,11H,3-6H2,1-2H3. The molecule has 0 saturated heterocycles. The number of rotatable bonds is 2. The van der Waals surface area contributed by atoms with E-state index in [0.29, 0.717) is 0 Å². The third kappa shape index (κ3) is 2.09. The first-order valence-corrected chi connectivity index (χ1v) is 5.75. The number of hydrogen-bond donors (Lipinski definition) is 1. The van der Waals surface area contributed by atoms with Crippen molar-refractivity contribution in [2.75, 3.05) is 6.54 Å². The first kappa shape index (κ1) is 9.16. The summed E-state index contributed by atoms with van der Waals surface area (Å²) in [7, 11) is 0. The van der Waals surface area contributed by atoms with Gasteiger partial charge in [-0.1, -0.05) is 13.8 Å². The van der Waals surface area contributed by atoms with E-state index < -0.39 is 0 Å². The van der Waals surface area contributed by atoms with Gasteiger partial charge in [-0.2, -0.15) is 0 Å². The number of thiazole rings is 1. The van der Waals surface area contributed by atoms with Gasteiger partial charge in [0.15, 0.2) is 0 Å². The summed E-state index contributed by atoms with van der Waals surface area (Å²) >= 11 is 1.89. The van der Waals surface area contributed by atoms with Gasteiger partial charge in [-0.05, 0) is 5.92 Å². The first-order valence-electron chi connectivity index (χ1n) is 4.94. The van der Waals surface area contributed by atoms with E-state index in [2.05, 4.69) is 24.1 Å². The van der Waals surface area contributed by atoms with Crippen molar-refractivity contribution in [3.63, 3.8) is 0 Å². The molecule has 1 aromatic heterocycles. The van der Waals surface area contributed by atoms with Gasteiger partial charge in [-0.25, -0.2) is 4.98 Å². The molecule has 0 bridgehead atoms. The van der Waals surface area contributed by atoms with Gasteiger partial charge >= 0.3 is 0 Å². The van der Waals surface area contributed by atoms with Crippen molar-refractivity contribution in [3.05, 3.63) is 15.6 Å². The molecule has 13 heavy (non-hydrogen) atoms. The third-order valence-electron chi connectivity index (χ3n) is 2.23. The molecule has 1 aliphatic rings. The molecule has 0 saturated carbocycles. The molecular formula is C10H16N2S. The molecule has 0 aliphatic carbocycles. The lowest BCUT2D eigenvalue weighted by atomic mass is 10.1. The van der Waals surface area contributed by atoms with Gasteiger partial charge in [0, 0.05) is 30.8 Å². The lowest BCUT2D eigenvalue weighted by Gasteiger charge is -2.09. The van der Waals surface area contributed by atoms with Crippen molar-refractivity contribution in [1.29, 1.82) is 0 Å². The molecular weight excluding hydrogens is 180 g/mol. The molecule has 2 nitrogen and oxygen atoms in total. The molecule has 0 radical (unpaired) electrons. The quantitative estimate of drug-likeness (QED) is 0.782. The molecule has 2 heterocycles. The highest BCUT2D eigenvalue weighted by atomic mass is 32.1. The van der Waals surface area contributed by atoms with Crippen molar-refractivity contribution in [2.45, 2.75) is 33.2 Å². The van der Waals surface area contributed by atoms with Crippen LogP contribution < -0.4 is 5.32 Å². The molecule has 1 aliphatic heterocycles. The van der Waals surface area contributed by atoms with Crippen molar-refractivity contribution < 1.29 is 0 Å². The van der Waals surface area contributed by atoms with Crippen molar-refractivity contribution in [1.82, 2.24) is 10.3 Å². The highest BCUT2D eigenvalue weighted by Crippen LogP contribution is 2.23. The van der Waals surface area contributed by atoms with Crippen LogP contribution in [-0.2, 0) is 19.4 Å². The molecule has 0 aromatic carbocycles. The molecule has 0 spiro atoms. The summed E-state index contributed by atoms with van der Waals surface area (Å²) in [6.07, 6.45) is 2.25. The van der Waals surface area contributed by atoms with Crippen LogP contribution in [0.2, 0.25) is 0 Å². The molecule has 0 amide bonds. The van der Waals surface area contributed by atoms with Crippen LogP contribution in [-0.4, -0.2) is 11.5 Å². The van der Waals surface area contributed by atoms with Gasteiger partial charge in [-0.15, -0.1) is 11.3 Å². The minimum Gasteiger partial charge on any atom is -0.311 e. The Morgan fingerprint density at radius 1 is 1.54 bits per heavy atom. The van der Waals surface area contributed by atoms with E-state index in [1.54, 1.807) is 0 Å². The zero-order valence-electron chi connectivity index (χ0n) is 8.26. The second-order valence-electron chi connectivity index (χ2n) is 4.00. The topological polar surface area (TPSA) is 24.9 Å². The van der Waals surface area contributed by atoms with E-state index in [1.807, 2.05) is 11.3 Å². The predicted octanol–water partition coefficient (Wildman–Crippen LogP) is 1.99. The van der Waals surface area contributed by atoms with Crippen LogP contribution in [0.3, 0.4) is 0 Å². The van der Waals surface area contributed by atoms with E-state index in [4.69, 9.17) is 0 Å². The average molecular weight is 196 g/mol. The van der Waals surface area contributed by atoms with Crippen molar-refractivity contribution in [3.8, 4) is 0 Å². The van der Waals surface area contributed by atoms with Gasteiger partial charge in [0.05, 0.1) is 10.7 Å². The fourth-order valence-electron chi connectivity index (χ4n) is 1.62. The Labute approximate surface area is 83.4 Å². The van der Waals surface area contributed by atoms with E-state index in [1.165, 1.54) is 15.6 Å². The number of nitrogens with one attached hydrogen (secondary N) is 1. The third-order valence-corrected chi connectivity index (χ3v) is 3.35. The molecule has 72 valence electrons. The normalized spacial score (nSPS) is 16.2. The predicted molar refractivity (Wildman–Crippen MR) is 56.1 cm³/mol. The maximum absolute atomic E-state index is 4.67. The van der Waals surface area contributed by atoms with Crippen LogP contribution in [0, 0.1) is 5.92 Å². The van der Waals surface area contributed by atoms with Gasteiger partial charge in [0.2, 0.25) is 0 Å². The molecule has 1 aromatic rings. The maximum atomic E-state index is 4.67. The van der Waals surface area contributed by atoms with Crippen molar-refractivity contribution >= 4 is 11.3 Å². The highest BCUT2D eigenvalue weighted by Gasteiger charge is 2.14. The largest absolute Gasteiger partial charge is 0.311 e. The summed E-state index contributed by atoms with van der Waals surface area (Å²) in [6.45, 7) is 6.63. The summed E-state index contributed by atoms with van der Waals surface area (Å²) < 4.78 is 0. The molecule has 2 rings (SSSR count). The number of hydrogen-bond acceptors (Lipinski definition) is 3. The van der Waals surface area contributed by atoms with Crippen LogP contribution >= 0.6 is 11.3 Å². The second kappa shape index (κ2) is 3.76.